The van der Waals surface area contributed by atoms with E-state index in [9.17, 15) is 13.2 Å². The number of sulfone groups is 1. The summed E-state index contributed by atoms with van der Waals surface area (Å²) in [7, 11) is -1.51. The molecule has 0 bridgehead atoms. The maximum absolute atomic E-state index is 13.2. The van der Waals surface area contributed by atoms with E-state index < -0.39 is 15.4 Å². The van der Waals surface area contributed by atoms with Gasteiger partial charge in [-0.3, -0.25) is 4.79 Å². The van der Waals surface area contributed by atoms with Gasteiger partial charge in [-0.15, -0.1) is 0 Å². The van der Waals surface area contributed by atoms with Crippen LogP contribution < -0.4 is 10.1 Å². The van der Waals surface area contributed by atoms with Crippen molar-refractivity contribution in [3.05, 3.63) is 60.2 Å². The summed E-state index contributed by atoms with van der Waals surface area (Å²) < 4.78 is 29.0. The molecule has 0 saturated carbocycles. The number of nitrogens with one attached hydrogen (secondary N) is 1. The maximum atomic E-state index is 13.2. The SMILES string of the molecule is COc1ccc(-c2cc(C(=O)NC3(C)CCS(=O)(=O)C3)c3ccccc3n2)cc1. The Morgan fingerprint density at radius 3 is 2.52 bits per heavy atom. The molecular weight excluding hydrogens is 388 g/mol. The zero-order valence-corrected chi connectivity index (χ0v) is 17.1. The number of hydrogen-bond donors (Lipinski definition) is 1. The molecule has 2 heterocycles. The Kier molecular flexibility index (Phi) is 4.78. The lowest BCUT2D eigenvalue weighted by Crippen LogP contribution is -2.47. The van der Waals surface area contributed by atoms with Crippen molar-refractivity contribution >= 4 is 26.6 Å². The summed E-state index contributed by atoms with van der Waals surface area (Å²) >= 11 is 0. The predicted molar refractivity (Wildman–Crippen MR) is 113 cm³/mol. The molecule has 1 fully saturated rings. The number of methoxy groups -OCH3 is 1. The molecule has 3 aromatic rings. The van der Waals surface area contributed by atoms with E-state index in [1.54, 1.807) is 20.1 Å². The molecule has 0 radical (unpaired) electrons. The van der Waals surface area contributed by atoms with E-state index in [0.29, 0.717) is 23.2 Å². The molecule has 29 heavy (non-hydrogen) atoms. The molecule has 1 N–H and O–H groups in total. The third-order valence-corrected chi connectivity index (χ3v) is 7.17. The first-order valence-electron chi connectivity index (χ1n) is 9.36. The third kappa shape index (κ3) is 3.96. The summed E-state index contributed by atoms with van der Waals surface area (Å²) in [5.41, 5.74) is 1.95. The van der Waals surface area contributed by atoms with Crippen molar-refractivity contribution in [3.8, 4) is 17.0 Å². The van der Waals surface area contributed by atoms with Gasteiger partial charge in [-0.25, -0.2) is 13.4 Å². The van der Waals surface area contributed by atoms with Crippen LogP contribution in [0, 0.1) is 0 Å². The number of aromatic nitrogens is 1. The first kappa shape index (κ1) is 19.4. The topological polar surface area (TPSA) is 85.4 Å². The van der Waals surface area contributed by atoms with Gasteiger partial charge in [0.1, 0.15) is 5.75 Å². The second-order valence-electron chi connectivity index (χ2n) is 7.66. The lowest BCUT2D eigenvalue weighted by molar-refractivity contribution is 0.0917. The molecule has 7 heteroatoms. The van der Waals surface area contributed by atoms with Crippen LogP contribution >= 0.6 is 0 Å². The fourth-order valence-electron chi connectivity index (χ4n) is 3.72. The Bertz CT molecular complexity index is 1190. The summed E-state index contributed by atoms with van der Waals surface area (Å²) in [5, 5.41) is 3.68. The van der Waals surface area contributed by atoms with E-state index in [-0.39, 0.29) is 17.4 Å². The van der Waals surface area contributed by atoms with E-state index in [1.807, 2.05) is 48.5 Å². The fraction of sp³-hybridized carbons (Fsp3) is 0.273. The molecule has 1 aromatic heterocycles. The minimum atomic E-state index is -3.12. The van der Waals surface area contributed by atoms with E-state index in [1.165, 1.54) is 0 Å². The smallest absolute Gasteiger partial charge is 0.252 e. The van der Waals surface area contributed by atoms with Gasteiger partial charge < -0.3 is 10.1 Å². The zero-order chi connectivity index (χ0) is 20.6. The highest BCUT2D eigenvalue weighted by Crippen LogP contribution is 2.28. The number of carbonyl (C=O) groups excluding carboxylic acids is 1. The van der Waals surface area contributed by atoms with E-state index in [0.717, 1.165) is 16.7 Å². The van der Waals surface area contributed by atoms with Crippen molar-refractivity contribution in [2.24, 2.45) is 0 Å². The highest BCUT2D eigenvalue weighted by Gasteiger charge is 2.39. The number of carbonyl (C=O) groups is 1. The van der Waals surface area contributed by atoms with Gasteiger partial charge in [0, 0.05) is 10.9 Å². The number of rotatable bonds is 4. The molecule has 1 unspecified atom stereocenters. The van der Waals surface area contributed by atoms with Gasteiger partial charge >= 0.3 is 0 Å². The molecule has 1 saturated heterocycles. The molecule has 1 atom stereocenters. The fourth-order valence-corrected chi connectivity index (χ4v) is 5.82. The van der Waals surface area contributed by atoms with Crippen molar-refractivity contribution in [1.82, 2.24) is 10.3 Å². The number of benzene rings is 2. The van der Waals surface area contributed by atoms with Gasteiger partial charge in [-0.2, -0.15) is 0 Å². The summed E-state index contributed by atoms with van der Waals surface area (Å²) in [6, 6.07) is 16.7. The van der Waals surface area contributed by atoms with Gasteiger partial charge in [0.2, 0.25) is 0 Å². The first-order valence-corrected chi connectivity index (χ1v) is 11.2. The lowest BCUT2D eigenvalue weighted by atomic mass is 9.99. The van der Waals surface area contributed by atoms with Gasteiger partial charge in [0.15, 0.2) is 9.84 Å². The molecular formula is C22H22N2O4S. The Balaban J connectivity index is 1.75. The number of fused-ring (bicyclic) bond motifs is 1. The van der Waals surface area contributed by atoms with Crippen LogP contribution in [0.1, 0.15) is 23.7 Å². The van der Waals surface area contributed by atoms with Crippen molar-refractivity contribution < 1.29 is 17.9 Å². The van der Waals surface area contributed by atoms with Gasteiger partial charge in [-0.05, 0) is 49.7 Å². The number of nitrogens with zero attached hydrogens (tertiary/aromatic N) is 1. The summed E-state index contributed by atoms with van der Waals surface area (Å²) in [6.07, 6.45) is 0.412. The summed E-state index contributed by atoms with van der Waals surface area (Å²) in [6.45, 7) is 1.78. The number of pyridine rings is 1. The highest BCUT2D eigenvalue weighted by atomic mass is 32.2. The lowest BCUT2D eigenvalue weighted by Gasteiger charge is -2.24. The standard InChI is InChI=1S/C22H22N2O4S/c1-22(11-12-29(26,27)14-22)24-21(25)18-13-20(15-7-9-16(28-2)10-8-15)23-19-6-4-3-5-17(18)19/h3-10,13H,11-12,14H2,1-2H3,(H,24,25). The van der Waals surface area contributed by atoms with Gasteiger partial charge in [-0.1, -0.05) is 18.2 Å². The minimum absolute atomic E-state index is 0.0416. The molecule has 1 aliphatic rings. The minimum Gasteiger partial charge on any atom is -0.497 e. The van der Waals surface area contributed by atoms with Gasteiger partial charge in [0.05, 0.1) is 40.9 Å². The van der Waals surface area contributed by atoms with Crippen molar-refractivity contribution in [3.63, 3.8) is 0 Å². The summed E-state index contributed by atoms with van der Waals surface area (Å²) in [4.78, 5) is 17.9. The Morgan fingerprint density at radius 2 is 1.86 bits per heavy atom. The Morgan fingerprint density at radius 1 is 1.14 bits per heavy atom. The second-order valence-corrected chi connectivity index (χ2v) is 9.84. The van der Waals surface area contributed by atoms with Crippen LogP contribution in [-0.2, 0) is 9.84 Å². The average molecular weight is 410 g/mol. The third-order valence-electron chi connectivity index (χ3n) is 5.27. The predicted octanol–water partition coefficient (Wildman–Crippen LogP) is 3.22. The van der Waals surface area contributed by atoms with Gasteiger partial charge in [0.25, 0.3) is 5.91 Å². The molecule has 1 amide bonds. The quantitative estimate of drug-likeness (QED) is 0.714. The second kappa shape index (κ2) is 7.15. The number of ether oxygens (including phenoxy) is 1. The number of para-hydroxylation sites is 1. The zero-order valence-electron chi connectivity index (χ0n) is 16.3. The maximum Gasteiger partial charge on any atom is 0.252 e. The molecule has 6 nitrogen and oxygen atoms in total. The van der Waals surface area contributed by atoms with E-state index >= 15 is 0 Å². The number of hydrogen-bond acceptors (Lipinski definition) is 5. The van der Waals surface area contributed by atoms with Crippen LogP contribution in [0.2, 0.25) is 0 Å². The van der Waals surface area contributed by atoms with Crippen LogP contribution in [0.5, 0.6) is 5.75 Å². The van der Waals surface area contributed by atoms with Crippen LogP contribution in [0.25, 0.3) is 22.2 Å². The molecule has 150 valence electrons. The largest absolute Gasteiger partial charge is 0.497 e. The molecule has 0 spiro atoms. The first-order chi connectivity index (χ1) is 13.8. The monoisotopic (exact) mass is 410 g/mol. The van der Waals surface area contributed by atoms with Crippen LogP contribution in [0.15, 0.2) is 54.6 Å². The Hall–Kier alpha value is -2.93. The molecule has 2 aromatic carbocycles. The number of amides is 1. The van der Waals surface area contributed by atoms with Crippen LogP contribution in [0.3, 0.4) is 0 Å². The Labute approximate surface area is 169 Å². The highest BCUT2D eigenvalue weighted by molar-refractivity contribution is 7.91. The molecule has 1 aliphatic heterocycles. The van der Waals surface area contributed by atoms with E-state index in [2.05, 4.69) is 5.32 Å². The summed E-state index contributed by atoms with van der Waals surface area (Å²) in [5.74, 6) is 0.499. The van der Waals surface area contributed by atoms with Crippen molar-refractivity contribution in [2.45, 2.75) is 18.9 Å². The van der Waals surface area contributed by atoms with Crippen molar-refractivity contribution in [2.75, 3.05) is 18.6 Å². The van der Waals surface area contributed by atoms with E-state index in [4.69, 9.17) is 9.72 Å². The average Bonchev–Trinajstić information content (AvgIpc) is 2.99. The van der Waals surface area contributed by atoms with Crippen LogP contribution in [-0.4, -0.2) is 43.5 Å². The van der Waals surface area contributed by atoms with Crippen molar-refractivity contribution in [1.29, 1.82) is 0 Å². The molecule has 0 aliphatic carbocycles. The normalized spacial score (nSPS) is 20.5. The van der Waals surface area contributed by atoms with Crippen LogP contribution in [0.4, 0.5) is 0 Å². The molecule has 4 rings (SSSR count).